The van der Waals surface area contributed by atoms with Gasteiger partial charge in [0.15, 0.2) is 0 Å². The molecule has 7 nitrogen and oxygen atoms in total. The van der Waals surface area contributed by atoms with E-state index >= 15 is 0 Å². The highest BCUT2D eigenvalue weighted by Crippen LogP contribution is 2.24. The van der Waals surface area contributed by atoms with Gasteiger partial charge in [0.25, 0.3) is 0 Å². The molecule has 4 rings (SSSR count). The van der Waals surface area contributed by atoms with Crippen LogP contribution in [0.5, 0.6) is 5.75 Å². The van der Waals surface area contributed by atoms with E-state index < -0.39 is 5.63 Å². The van der Waals surface area contributed by atoms with Crippen molar-refractivity contribution >= 4 is 17.3 Å². The van der Waals surface area contributed by atoms with Crippen molar-refractivity contribution in [3.8, 4) is 5.75 Å². The van der Waals surface area contributed by atoms with Crippen LogP contribution in [0.15, 0.2) is 39.7 Å². The lowest BCUT2D eigenvalue weighted by Gasteiger charge is -2.36. The van der Waals surface area contributed by atoms with Crippen LogP contribution in [0.2, 0.25) is 5.02 Å². The van der Waals surface area contributed by atoms with Gasteiger partial charge in [-0.25, -0.2) is 4.79 Å². The van der Waals surface area contributed by atoms with Crippen LogP contribution in [-0.4, -0.2) is 67.4 Å². The molecule has 2 aliphatic heterocycles. The van der Waals surface area contributed by atoms with Gasteiger partial charge in [0.1, 0.15) is 12.0 Å². The van der Waals surface area contributed by atoms with E-state index in [1.807, 2.05) is 24.3 Å². The molecule has 0 amide bonds. The second-order valence-corrected chi connectivity index (χ2v) is 7.94. The molecule has 3 heterocycles. The molecule has 8 heteroatoms. The van der Waals surface area contributed by atoms with Crippen LogP contribution in [0.3, 0.4) is 0 Å². The number of morpholine rings is 1. The van der Waals surface area contributed by atoms with E-state index in [1.54, 1.807) is 0 Å². The first-order valence-corrected chi connectivity index (χ1v) is 10.3. The molecule has 1 aromatic carbocycles. The molecule has 2 aliphatic rings. The Morgan fingerprint density at radius 3 is 2.28 bits per heavy atom. The average Bonchev–Trinajstić information content (AvgIpc) is 2.75. The summed E-state index contributed by atoms with van der Waals surface area (Å²) >= 11 is 5.97. The molecule has 2 fully saturated rings. The van der Waals surface area contributed by atoms with Crippen LogP contribution in [0.4, 0.5) is 5.69 Å². The maximum atomic E-state index is 12.3. The van der Waals surface area contributed by atoms with Gasteiger partial charge in [-0.15, -0.1) is 0 Å². The quantitative estimate of drug-likeness (QED) is 0.796. The fourth-order valence-electron chi connectivity index (χ4n) is 3.83. The molecule has 1 aromatic heterocycles. The lowest BCUT2D eigenvalue weighted by molar-refractivity contribution is 0.0335. The topological polar surface area (TPSA) is 69.4 Å². The van der Waals surface area contributed by atoms with Gasteiger partial charge in [-0.1, -0.05) is 11.6 Å². The number of ether oxygens (including phenoxy) is 1. The maximum absolute atomic E-state index is 12.3. The normalized spacial score (nSPS) is 18.9. The van der Waals surface area contributed by atoms with Crippen molar-refractivity contribution in [2.24, 2.45) is 0 Å². The lowest BCUT2D eigenvalue weighted by Crippen LogP contribution is -2.46. The molecule has 29 heavy (non-hydrogen) atoms. The zero-order valence-corrected chi connectivity index (χ0v) is 17.1. The van der Waals surface area contributed by atoms with E-state index in [0.29, 0.717) is 37.4 Å². The maximum Gasteiger partial charge on any atom is 0.343 e. The number of aromatic hydroxyl groups is 1. The highest BCUT2D eigenvalue weighted by molar-refractivity contribution is 6.30. The number of piperazine rings is 1. The smallest absolute Gasteiger partial charge is 0.343 e. The van der Waals surface area contributed by atoms with Gasteiger partial charge in [0, 0.05) is 68.6 Å². The lowest BCUT2D eigenvalue weighted by atomic mass is 10.1. The summed E-state index contributed by atoms with van der Waals surface area (Å²) in [6, 6.07) is 7.83. The number of anilines is 1. The first-order valence-electron chi connectivity index (χ1n) is 9.95. The van der Waals surface area contributed by atoms with Gasteiger partial charge in [-0.2, -0.15) is 0 Å². The minimum absolute atomic E-state index is 0.0628. The van der Waals surface area contributed by atoms with E-state index in [0.717, 1.165) is 50.0 Å². The fraction of sp³-hybridized carbons (Fsp3) is 0.476. The van der Waals surface area contributed by atoms with Crippen LogP contribution < -0.4 is 10.5 Å². The molecule has 0 atom stereocenters. The number of hydrogen-bond donors (Lipinski definition) is 1. The molecule has 2 aromatic rings. The number of rotatable bonds is 5. The van der Waals surface area contributed by atoms with E-state index in [1.165, 1.54) is 6.26 Å². The Hall–Kier alpha value is -2.06. The van der Waals surface area contributed by atoms with Crippen molar-refractivity contribution in [2.45, 2.75) is 13.1 Å². The van der Waals surface area contributed by atoms with Gasteiger partial charge in [-0.3, -0.25) is 9.80 Å². The number of hydrogen-bond acceptors (Lipinski definition) is 7. The predicted octanol–water partition coefficient (Wildman–Crippen LogP) is 2.15. The van der Waals surface area contributed by atoms with Crippen molar-refractivity contribution in [1.82, 2.24) is 9.80 Å². The molecule has 156 valence electrons. The molecule has 2 saturated heterocycles. The molecule has 0 saturated carbocycles. The van der Waals surface area contributed by atoms with Crippen LogP contribution in [-0.2, 0) is 17.8 Å². The van der Waals surface area contributed by atoms with E-state index in [9.17, 15) is 9.90 Å². The Kier molecular flexibility index (Phi) is 6.40. The Morgan fingerprint density at radius 2 is 1.59 bits per heavy atom. The summed E-state index contributed by atoms with van der Waals surface area (Å²) in [5, 5.41) is 11.4. The van der Waals surface area contributed by atoms with E-state index in [2.05, 4.69) is 14.7 Å². The van der Waals surface area contributed by atoms with Gasteiger partial charge in [0.2, 0.25) is 0 Å². The van der Waals surface area contributed by atoms with Crippen LogP contribution in [0.1, 0.15) is 11.1 Å². The largest absolute Gasteiger partial charge is 0.507 e. The molecule has 0 bridgehead atoms. The van der Waals surface area contributed by atoms with Crippen molar-refractivity contribution in [2.75, 3.05) is 57.4 Å². The van der Waals surface area contributed by atoms with Crippen molar-refractivity contribution in [3.05, 3.63) is 57.1 Å². The molecular weight excluding hydrogens is 394 g/mol. The van der Waals surface area contributed by atoms with Gasteiger partial charge in [-0.05, 0) is 24.3 Å². The van der Waals surface area contributed by atoms with Crippen molar-refractivity contribution in [3.63, 3.8) is 0 Å². The summed E-state index contributed by atoms with van der Waals surface area (Å²) in [6.07, 6.45) is 1.38. The molecular formula is C21H26ClN3O4. The number of nitrogens with zero attached hydrogens (tertiary/aromatic N) is 3. The molecule has 0 radical (unpaired) electrons. The fourth-order valence-corrected chi connectivity index (χ4v) is 3.96. The number of halogens is 1. The summed E-state index contributed by atoms with van der Waals surface area (Å²) < 4.78 is 10.6. The minimum Gasteiger partial charge on any atom is -0.507 e. The standard InChI is InChI=1S/C21H26ClN3O4/c22-17-1-3-18(4-2-17)25-7-5-23(6-8-25)14-19-20(26)16(15-29-21(19)27)13-24-9-11-28-12-10-24/h1-4,15,26H,5-14H2. The summed E-state index contributed by atoms with van der Waals surface area (Å²) in [5.74, 6) is 0.0628. The predicted molar refractivity (Wildman–Crippen MR) is 112 cm³/mol. The Labute approximate surface area is 175 Å². The van der Waals surface area contributed by atoms with Gasteiger partial charge in [0.05, 0.1) is 18.8 Å². The van der Waals surface area contributed by atoms with E-state index in [4.69, 9.17) is 20.8 Å². The average molecular weight is 420 g/mol. The molecule has 0 spiro atoms. The zero-order valence-electron chi connectivity index (χ0n) is 16.3. The Balaban J connectivity index is 1.39. The third kappa shape index (κ3) is 4.93. The second-order valence-electron chi connectivity index (χ2n) is 7.50. The first-order chi connectivity index (χ1) is 14.1. The summed E-state index contributed by atoms with van der Waals surface area (Å²) in [5.41, 5.74) is 1.68. The third-order valence-electron chi connectivity index (χ3n) is 5.59. The Morgan fingerprint density at radius 1 is 0.931 bits per heavy atom. The van der Waals surface area contributed by atoms with Crippen LogP contribution >= 0.6 is 11.6 Å². The number of benzene rings is 1. The monoisotopic (exact) mass is 419 g/mol. The summed E-state index contributed by atoms with van der Waals surface area (Å²) in [4.78, 5) is 18.9. The summed E-state index contributed by atoms with van der Waals surface area (Å²) in [7, 11) is 0. The Bertz CT molecular complexity index is 872. The van der Waals surface area contributed by atoms with Gasteiger partial charge >= 0.3 is 5.63 Å². The van der Waals surface area contributed by atoms with E-state index in [-0.39, 0.29) is 5.75 Å². The van der Waals surface area contributed by atoms with Crippen molar-refractivity contribution < 1.29 is 14.3 Å². The van der Waals surface area contributed by atoms with Crippen LogP contribution in [0.25, 0.3) is 0 Å². The highest BCUT2D eigenvalue weighted by atomic mass is 35.5. The van der Waals surface area contributed by atoms with Crippen molar-refractivity contribution in [1.29, 1.82) is 0 Å². The first kappa shape index (κ1) is 20.2. The third-order valence-corrected chi connectivity index (χ3v) is 5.84. The molecule has 1 N–H and O–H groups in total. The highest BCUT2D eigenvalue weighted by Gasteiger charge is 2.22. The summed E-state index contributed by atoms with van der Waals surface area (Å²) in [6.45, 7) is 7.22. The SMILES string of the molecule is O=c1occ(CN2CCOCC2)c(O)c1CN1CCN(c2ccc(Cl)cc2)CC1. The molecule has 0 aliphatic carbocycles. The zero-order chi connectivity index (χ0) is 20.2. The molecule has 0 unspecified atom stereocenters. The second kappa shape index (κ2) is 9.17. The van der Waals surface area contributed by atoms with Crippen LogP contribution in [0, 0.1) is 0 Å². The van der Waals surface area contributed by atoms with Gasteiger partial charge < -0.3 is 19.2 Å². The minimum atomic E-state index is -0.464.